The van der Waals surface area contributed by atoms with Crippen LogP contribution in [0.4, 0.5) is 0 Å². The zero-order valence-corrected chi connectivity index (χ0v) is 15.9. The van der Waals surface area contributed by atoms with E-state index in [2.05, 4.69) is 5.92 Å². The van der Waals surface area contributed by atoms with Gasteiger partial charge < -0.3 is 14.2 Å². The predicted octanol–water partition coefficient (Wildman–Crippen LogP) is 4.00. The topological polar surface area (TPSA) is 44.8 Å². The highest BCUT2D eigenvalue weighted by molar-refractivity contribution is 6.01. The molecule has 0 saturated carbocycles. The van der Waals surface area contributed by atoms with Crippen LogP contribution in [0, 0.1) is 12.3 Å². The fraction of sp³-hybridized carbons (Fsp3) is 0.208. The number of hydrogen-bond donors (Lipinski definition) is 0. The van der Waals surface area contributed by atoms with E-state index in [9.17, 15) is 4.79 Å². The van der Waals surface area contributed by atoms with Crippen LogP contribution in [0.15, 0.2) is 84.3 Å². The van der Waals surface area contributed by atoms with E-state index in [0.717, 1.165) is 11.1 Å². The molecular formula is C24H22O4. The van der Waals surface area contributed by atoms with Crippen molar-refractivity contribution in [2.45, 2.75) is 18.1 Å². The van der Waals surface area contributed by atoms with E-state index in [1.807, 2.05) is 60.7 Å². The van der Waals surface area contributed by atoms with Gasteiger partial charge in [0.1, 0.15) is 11.5 Å². The molecule has 0 aliphatic heterocycles. The minimum Gasteiger partial charge on any atom is -0.497 e. The molecule has 0 spiro atoms. The number of rotatable bonds is 7. The largest absolute Gasteiger partial charge is 0.497 e. The maximum Gasteiger partial charge on any atom is 0.200 e. The number of benzene rings is 2. The van der Waals surface area contributed by atoms with Gasteiger partial charge in [-0.1, -0.05) is 66.6 Å². The Morgan fingerprint density at radius 3 is 1.96 bits per heavy atom. The van der Waals surface area contributed by atoms with E-state index in [1.54, 1.807) is 0 Å². The minimum atomic E-state index is -1.26. The molecule has 1 aliphatic rings. The minimum absolute atomic E-state index is 0.239. The Balaban J connectivity index is 2.14. The van der Waals surface area contributed by atoms with E-state index >= 15 is 0 Å². The third-order valence-electron chi connectivity index (χ3n) is 4.73. The van der Waals surface area contributed by atoms with Gasteiger partial charge in [0.2, 0.25) is 0 Å². The van der Waals surface area contributed by atoms with E-state index in [1.165, 1.54) is 26.4 Å². The lowest BCUT2D eigenvalue weighted by Gasteiger charge is -2.41. The first-order valence-corrected chi connectivity index (χ1v) is 8.91. The van der Waals surface area contributed by atoms with Crippen molar-refractivity contribution >= 4 is 5.78 Å². The van der Waals surface area contributed by atoms with Crippen molar-refractivity contribution in [2.75, 3.05) is 14.2 Å². The summed E-state index contributed by atoms with van der Waals surface area (Å²) < 4.78 is 17.6. The number of allylic oxidation sites excluding steroid dienone is 2. The smallest absolute Gasteiger partial charge is 0.200 e. The van der Waals surface area contributed by atoms with Crippen molar-refractivity contribution in [3.05, 3.63) is 95.5 Å². The number of carbonyl (C=O) groups is 1. The standard InChI is InChI=1S/C24H22O4/c1-4-21(19-13-9-6-10-14-19)24(28-17-18-11-7-5-8-12-18)22(26-2)15-20(25)16-23(24)27-3/h1,5-16,21H,17H2,2-3H3/t21-/m0/s1. The van der Waals surface area contributed by atoms with Crippen LogP contribution < -0.4 is 0 Å². The molecule has 2 aromatic carbocycles. The molecule has 0 aromatic heterocycles. The zero-order valence-electron chi connectivity index (χ0n) is 15.9. The molecular weight excluding hydrogens is 352 g/mol. The second-order valence-electron chi connectivity index (χ2n) is 6.35. The van der Waals surface area contributed by atoms with Gasteiger partial charge in [0.25, 0.3) is 0 Å². The van der Waals surface area contributed by atoms with Crippen molar-refractivity contribution in [1.82, 2.24) is 0 Å². The van der Waals surface area contributed by atoms with Crippen molar-refractivity contribution in [2.24, 2.45) is 0 Å². The summed E-state index contributed by atoms with van der Waals surface area (Å²) in [6.45, 7) is 0.265. The number of methoxy groups -OCH3 is 2. The molecule has 0 radical (unpaired) electrons. The van der Waals surface area contributed by atoms with Gasteiger partial charge in [-0.05, 0) is 11.1 Å². The Bertz CT molecular complexity index is 896. The van der Waals surface area contributed by atoms with Gasteiger partial charge in [0.15, 0.2) is 11.4 Å². The highest BCUT2D eigenvalue weighted by Gasteiger charge is 2.52. The molecule has 4 nitrogen and oxygen atoms in total. The van der Waals surface area contributed by atoms with E-state index < -0.39 is 11.5 Å². The molecule has 1 atom stereocenters. The monoisotopic (exact) mass is 374 g/mol. The SMILES string of the molecule is C#C[C@@H](c1ccccc1)C1(OCc2ccccc2)C(OC)=CC(=O)C=C1OC. The van der Waals surface area contributed by atoms with Gasteiger partial charge in [0.05, 0.1) is 26.7 Å². The summed E-state index contributed by atoms with van der Waals surface area (Å²) in [7, 11) is 2.99. The number of carbonyl (C=O) groups excluding carboxylic acids is 1. The van der Waals surface area contributed by atoms with Crippen LogP contribution in [0.5, 0.6) is 0 Å². The Kier molecular flexibility index (Phi) is 5.98. The van der Waals surface area contributed by atoms with Crippen LogP contribution in [0.25, 0.3) is 0 Å². The van der Waals surface area contributed by atoms with E-state index in [0.29, 0.717) is 11.5 Å². The summed E-state index contributed by atoms with van der Waals surface area (Å²) in [6.07, 6.45) is 8.78. The second-order valence-corrected chi connectivity index (χ2v) is 6.35. The lowest BCUT2D eigenvalue weighted by Crippen LogP contribution is -2.46. The first kappa shape index (κ1) is 19.5. The molecule has 1 aliphatic carbocycles. The molecule has 4 heteroatoms. The molecule has 0 heterocycles. The van der Waals surface area contributed by atoms with Crippen LogP contribution in [-0.2, 0) is 25.6 Å². The molecule has 3 rings (SSSR count). The third-order valence-corrected chi connectivity index (χ3v) is 4.73. The average molecular weight is 374 g/mol. The third kappa shape index (κ3) is 3.58. The Hall–Kier alpha value is -3.29. The predicted molar refractivity (Wildman–Crippen MR) is 107 cm³/mol. The molecule has 0 saturated heterocycles. The maximum absolute atomic E-state index is 12.2. The fourth-order valence-corrected chi connectivity index (χ4v) is 3.43. The Labute approximate surface area is 165 Å². The van der Waals surface area contributed by atoms with Crippen molar-refractivity contribution in [1.29, 1.82) is 0 Å². The summed E-state index contributed by atoms with van der Waals surface area (Å²) in [4.78, 5) is 12.2. The highest BCUT2D eigenvalue weighted by atomic mass is 16.6. The van der Waals surface area contributed by atoms with Gasteiger partial charge in [0, 0.05) is 12.2 Å². The van der Waals surface area contributed by atoms with Gasteiger partial charge in [-0.3, -0.25) is 4.79 Å². The summed E-state index contributed by atoms with van der Waals surface area (Å²) in [6, 6.07) is 19.3. The van der Waals surface area contributed by atoms with Crippen LogP contribution >= 0.6 is 0 Å². The van der Waals surface area contributed by atoms with Crippen molar-refractivity contribution in [3.63, 3.8) is 0 Å². The van der Waals surface area contributed by atoms with Gasteiger partial charge in [-0.15, -0.1) is 6.42 Å². The van der Waals surface area contributed by atoms with Gasteiger partial charge >= 0.3 is 0 Å². The Morgan fingerprint density at radius 1 is 0.929 bits per heavy atom. The van der Waals surface area contributed by atoms with Crippen LogP contribution in [0.1, 0.15) is 17.0 Å². The number of ketones is 1. The number of hydrogen-bond acceptors (Lipinski definition) is 4. The zero-order chi connectivity index (χ0) is 20.0. The van der Waals surface area contributed by atoms with Crippen LogP contribution in [0.2, 0.25) is 0 Å². The number of ether oxygens (including phenoxy) is 3. The fourth-order valence-electron chi connectivity index (χ4n) is 3.43. The summed E-state index contributed by atoms with van der Waals surface area (Å²) in [5.74, 6) is 2.66. The lowest BCUT2D eigenvalue weighted by atomic mass is 9.76. The molecule has 2 aromatic rings. The molecule has 0 N–H and O–H groups in total. The highest BCUT2D eigenvalue weighted by Crippen LogP contribution is 2.45. The molecule has 142 valence electrons. The summed E-state index contributed by atoms with van der Waals surface area (Å²) >= 11 is 0. The number of terminal acetylenes is 1. The quantitative estimate of drug-likeness (QED) is 0.687. The average Bonchev–Trinajstić information content (AvgIpc) is 2.75. The van der Waals surface area contributed by atoms with Gasteiger partial charge in [-0.2, -0.15) is 0 Å². The Morgan fingerprint density at radius 2 is 1.46 bits per heavy atom. The first-order chi connectivity index (χ1) is 13.7. The normalized spacial score (nSPS) is 16.4. The van der Waals surface area contributed by atoms with Crippen molar-refractivity contribution < 1.29 is 19.0 Å². The molecule has 0 unspecified atom stereocenters. The molecule has 28 heavy (non-hydrogen) atoms. The van der Waals surface area contributed by atoms with Crippen LogP contribution in [-0.4, -0.2) is 25.6 Å². The molecule has 0 amide bonds. The first-order valence-electron chi connectivity index (χ1n) is 8.91. The second kappa shape index (κ2) is 8.60. The van der Waals surface area contributed by atoms with E-state index in [4.69, 9.17) is 20.6 Å². The van der Waals surface area contributed by atoms with Gasteiger partial charge in [-0.25, -0.2) is 0 Å². The van der Waals surface area contributed by atoms with Crippen LogP contribution in [0.3, 0.4) is 0 Å². The van der Waals surface area contributed by atoms with Crippen molar-refractivity contribution in [3.8, 4) is 12.3 Å². The summed E-state index contributed by atoms with van der Waals surface area (Å²) in [5.41, 5.74) is 0.565. The maximum atomic E-state index is 12.2. The molecule has 0 bridgehead atoms. The lowest BCUT2D eigenvalue weighted by molar-refractivity contribution is -0.114. The summed E-state index contributed by atoms with van der Waals surface area (Å²) in [5, 5.41) is 0. The van der Waals surface area contributed by atoms with E-state index in [-0.39, 0.29) is 12.4 Å². The molecule has 0 fully saturated rings.